The topological polar surface area (TPSA) is 70.1 Å². The molecule has 0 saturated carbocycles. The maximum absolute atomic E-state index is 13.9. The molecule has 1 aliphatic carbocycles. The molecule has 0 unspecified atom stereocenters. The maximum atomic E-state index is 13.9. The summed E-state index contributed by atoms with van der Waals surface area (Å²) in [6, 6.07) is 17.8. The van der Waals surface area contributed by atoms with Crippen LogP contribution in [0.1, 0.15) is 63.5 Å². The van der Waals surface area contributed by atoms with Gasteiger partial charge in [-0.3, -0.25) is 19.4 Å². The fraction of sp³-hybridized carbons (Fsp3) is 0.486. The molecule has 3 fully saturated rings. The summed E-state index contributed by atoms with van der Waals surface area (Å²) < 4.78 is 6.37. The summed E-state index contributed by atoms with van der Waals surface area (Å²) in [6.45, 7) is 7.57. The van der Waals surface area contributed by atoms with Gasteiger partial charge in [0, 0.05) is 31.6 Å². The number of carbonyl (C=O) groups excluding carboxylic acids is 2. The number of phenolic OH excluding ortho intramolecular Hbond substituents is 1. The quantitative estimate of drug-likeness (QED) is 0.322. The molecule has 4 atom stereocenters. The molecule has 0 bridgehead atoms. The summed E-state index contributed by atoms with van der Waals surface area (Å²) in [4.78, 5) is 31.7. The minimum Gasteiger partial charge on any atom is -0.508 e. The molecule has 4 aliphatic rings. The first-order chi connectivity index (χ1) is 19.9. The molecule has 1 N–H and O–H groups in total. The molecule has 41 heavy (non-hydrogen) atoms. The molecule has 6 nitrogen and oxygen atoms in total. The van der Waals surface area contributed by atoms with Gasteiger partial charge in [-0.25, -0.2) is 0 Å². The molecular weight excluding hydrogens is 512 g/mol. The van der Waals surface area contributed by atoms with Gasteiger partial charge in [0.25, 0.3) is 0 Å². The first-order valence-corrected chi connectivity index (χ1v) is 15.4. The lowest BCUT2D eigenvalue weighted by Gasteiger charge is -2.36. The molecule has 0 radical (unpaired) electrons. The molecule has 0 aromatic heterocycles. The van der Waals surface area contributed by atoms with Gasteiger partial charge >= 0.3 is 0 Å². The SMILES string of the molecule is CC/C(=C\c1ccc(O)cc1)CC[C@H]1OC[C@H]2C1=C(C)C[C@H]1C(=O)N(C3CCN(Cc4ccccc4)CC3)C(=O)[C@H]12. The van der Waals surface area contributed by atoms with Gasteiger partial charge in [-0.05, 0) is 74.3 Å². The molecule has 2 aromatic carbocycles. The molecular formula is C35H42N2O4. The Morgan fingerprint density at radius 2 is 1.73 bits per heavy atom. The van der Waals surface area contributed by atoms with Crippen molar-refractivity contribution in [2.45, 2.75) is 71.1 Å². The number of fused-ring (bicyclic) bond motifs is 3. The lowest BCUT2D eigenvalue weighted by atomic mass is 9.70. The molecule has 2 aromatic rings. The van der Waals surface area contributed by atoms with Gasteiger partial charge in [-0.15, -0.1) is 0 Å². The number of piperidine rings is 1. The lowest BCUT2D eigenvalue weighted by molar-refractivity contribution is -0.144. The highest BCUT2D eigenvalue weighted by Crippen LogP contribution is 2.50. The molecule has 6 heteroatoms. The summed E-state index contributed by atoms with van der Waals surface area (Å²) in [5, 5.41) is 9.59. The molecule has 216 valence electrons. The van der Waals surface area contributed by atoms with Crippen molar-refractivity contribution in [1.82, 2.24) is 9.80 Å². The fourth-order valence-electron chi connectivity index (χ4n) is 7.66. The molecule has 0 spiro atoms. The number of rotatable bonds is 8. The van der Waals surface area contributed by atoms with Crippen LogP contribution in [-0.4, -0.2) is 58.6 Å². The van der Waals surface area contributed by atoms with E-state index in [-0.39, 0.29) is 47.5 Å². The van der Waals surface area contributed by atoms with E-state index in [4.69, 9.17) is 4.74 Å². The van der Waals surface area contributed by atoms with E-state index in [0.717, 1.165) is 57.3 Å². The number of amides is 2. The van der Waals surface area contributed by atoms with Crippen LogP contribution < -0.4 is 0 Å². The van der Waals surface area contributed by atoms with Crippen molar-refractivity contribution in [3.63, 3.8) is 0 Å². The Morgan fingerprint density at radius 3 is 2.44 bits per heavy atom. The van der Waals surface area contributed by atoms with E-state index in [0.29, 0.717) is 13.0 Å². The number of hydrogen-bond acceptors (Lipinski definition) is 5. The first kappa shape index (κ1) is 27.9. The molecule has 6 rings (SSSR count). The van der Waals surface area contributed by atoms with E-state index >= 15 is 0 Å². The fourth-order valence-corrected chi connectivity index (χ4v) is 7.66. The van der Waals surface area contributed by atoms with E-state index < -0.39 is 0 Å². The van der Waals surface area contributed by atoms with Gasteiger partial charge < -0.3 is 9.84 Å². The van der Waals surface area contributed by atoms with Crippen molar-refractivity contribution < 1.29 is 19.4 Å². The minimum atomic E-state index is -0.272. The predicted octanol–water partition coefficient (Wildman–Crippen LogP) is 5.97. The normalized spacial score (nSPS) is 27.5. The van der Waals surface area contributed by atoms with E-state index in [9.17, 15) is 14.7 Å². The number of hydrogen-bond donors (Lipinski definition) is 1. The van der Waals surface area contributed by atoms with E-state index in [1.807, 2.05) is 18.2 Å². The highest BCUT2D eigenvalue weighted by atomic mass is 16.5. The highest BCUT2D eigenvalue weighted by molar-refractivity contribution is 6.06. The molecule has 3 saturated heterocycles. The Labute approximate surface area is 243 Å². The Morgan fingerprint density at radius 1 is 1.00 bits per heavy atom. The lowest BCUT2D eigenvalue weighted by Crippen LogP contribution is -2.47. The summed E-state index contributed by atoms with van der Waals surface area (Å²) in [5.74, 6) is -0.121. The third kappa shape index (κ3) is 5.64. The van der Waals surface area contributed by atoms with Gasteiger partial charge in [0.15, 0.2) is 0 Å². The molecule has 3 aliphatic heterocycles. The van der Waals surface area contributed by atoms with E-state index in [1.165, 1.54) is 22.3 Å². The van der Waals surface area contributed by atoms with E-state index in [2.05, 4.69) is 49.1 Å². The largest absolute Gasteiger partial charge is 0.508 e. The molecule has 3 heterocycles. The zero-order chi connectivity index (χ0) is 28.5. The number of nitrogens with zero attached hydrogens (tertiary/aromatic N) is 2. The second-order valence-corrected chi connectivity index (χ2v) is 12.3. The Bertz CT molecular complexity index is 1320. The van der Waals surface area contributed by atoms with Crippen LogP contribution in [0.4, 0.5) is 0 Å². The second-order valence-electron chi connectivity index (χ2n) is 12.3. The number of allylic oxidation sites excluding steroid dienone is 2. The minimum absolute atomic E-state index is 0.00615. The Kier molecular flexibility index (Phi) is 8.14. The van der Waals surface area contributed by atoms with Crippen LogP contribution in [0.25, 0.3) is 6.08 Å². The number of imide groups is 1. The summed E-state index contributed by atoms with van der Waals surface area (Å²) in [6.07, 6.45) is 7.32. The van der Waals surface area contributed by atoms with E-state index in [1.54, 1.807) is 17.0 Å². The summed E-state index contributed by atoms with van der Waals surface area (Å²) >= 11 is 0. The van der Waals surface area contributed by atoms with Crippen LogP contribution in [0.2, 0.25) is 0 Å². The van der Waals surface area contributed by atoms with Crippen LogP contribution in [0.15, 0.2) is 71.3 Å². The third-order valence-electron chi connectivity index (χ3n) is 9.80. The van der Waals surface area contributed by atoms with Crippen LogP contribution >= 0.6 is 0 Å². The van der Waals surface area contributed by atoms with Crippen LogP contribution in [0.3, 0.4) is 0 Å². The zero-order valence-corrected chi connectivity index (χ0v) is 24.3. The van der Waals surface area contributed by atoms with Crippen molar-refractivity contribution in [3.05, 3.63) is 82.4 Å². The van der Waals surface area contributed by atoms with Gasteiger partial charge in [0.1, 0.15) is 5.75 Å². The van der Waals surface area contributed by atoms with Crippen LogP contribution in [0, 0.1) is 17.8 Å². The summed E-state index contributed by atoms with van der Waals surface area (Å²) in [5.41, 5.74) is 6.26. The average molecular weight is 555 g/mol. The number of likely N-dealkylation sites (tertiary alicyclic amines) is 2. The van der Waals surface area contributed by atoms with Crippen LogP contribution in [0.5, 0.6) is 5.75 Å². The maximum Gasteiger partial charge on any atom is 0.234 e. The van der Waals surface area contributed by atoms with Crippen molar-refractivity contribution in [2.24, 2.45) is 17.8 Å². The average Bonchev–Trinajstić information content (AvgIpc) is 3.52. The van der Waals surface area contributed by atoms with Crippen molar-refractivity contribution in [3.8, 4) is 5.75 Å². The van der Waals surface area contributed by atoms with Gasteiger partial charge in [0.2, 0.25) is 11.8 Å². The van der Waals surface area contributed by atoms with Gasteiger partial charge in [-0.1, -0.05) is 66.6 Å². The number of carbonyl (C=O) groups is 2. The first-order valence-electron chi connectivity index (χ1n) is 15.4. The highest BCUT2D eigenvalue weighted by Gasteiger charge is 2.57. The zero-order valence-electron chi connectivity index (χ0n) is 24.3. The Hall–Kier alpha value is -3.22. The molecule has 2 amide bonds. The van der Waals surface area contributed by atoms with Crippen molar-refractivity contribution in [2.75, 3.05) is 19.7 Å². The number of ether oxygens (including phenoxy) is 1. The number of phenols is 1. The number of aromatic hydroxyl groups is 1. The second kappa shape index (κ2) is 11.9. The van der Waals surface area contributed by atoms with Gasteiger partial charge in [0.05, 0.1) is 24.5 Å². The number of benzene rings is 2. The van der Waals surface area contributed by atoms with Gasteiger partial charge in [-0.2, -0.15) is 0 Å². The third-order valence-corrected chi connectivity index (χ3v) is 9.80. The monoisotopic (exact) mass is 554 g/mol. The van der Waals surface area contributed by atoms with Crippen LogP contribution in [-0.2, 0) is 20.9 Å². The standard InChI is InChI=1S/C35H42N2O4/c1-3-24(20-25-9-12-28(38)13-10-25)11-14-31-32-23(2)19-29-33(30(32)22-41-31)35(40)37(34(29)39)27-15-17-36(18-16-27)21-26-7-5-4-6-8-26/h4-10,12-13,20,27,29-31,33,38H,3,11,14-19,21-22H2,1-2H3/b24-20+/t29-,30+,31-,33-/m1/s1. The van der Waals surface area contributed by atoms with Crippen molar-refractivity contribution in [1.29, 1.82) is 0 Å². The summed E-state index contributed by atoms with van der Waals surface area (Å²) in [7, 11) is 0. The smallest absolute Gasteiger partial charge is 0.234 e. The van der Waals surface area contributed by atoms with Crippen molar-refractivity contribution >= 4 is 17.9 Å². The predicted molar refractivity (Wildman–Crippen MR) is 160 cm³/mol. The Balaban J connectivity index is 1.10.